The Balaban J connectivity index is 1.36. The quantitative estimate of drug-likeness (QED) is 0.779. The van der Waals surface area contributed by atoms with Crippen LogP contribution in [0, 0.1) is 17.8 Å². The van der Waals surface area contributed by atoms with Gasteiger partial charge in [0.25, 0.3) is 0 Å². The molecule has 0 bridgehead atoms. The van der Waals surface area contributed by atoms with Crippen molar-refractivity contribution in [2.75, 3.05) is 13.1 Å². The largest absolute Gasteiger partial charge is 0.444 e. The minimum atomic E-state index is -0.479. The number of hydrogen-bond acceptors (Lipinski definition) is 4. The summed E-state index contributed by atoms with van der Waals surface area (Å²) in [5.74, 6) is 0.879. The van der Waals surface area contributed by atoms with E-state index in [1.807, 2.05) is 50.1 Å². The first kappa shape index (κ1) is 19.0. The third kappa shape index (κ3) is 3.77. The second-order valence-electron chi connectivity index (χ2n) is 9.22. The monoisotopic (exact) mass is 383 g/mol. The van der Waals surface area contributed by atoms with Crippen molar-refractivity contribution in [1.82, 2.24) is 9.91 Å². The molecule has 1 aliphatic carbocycles. The van der Waals surface area contributed by atoms with Gasteiger partial charge in [0.05, 0.1) is 6.04 Å². The van der Waals surface area contributed by atoms with Crippen LogP contribution < -0.4 is 0 Å². The third-order valence-corrected chi connectivity index (χ3v) is 5.99. The summed E-state index contributed by atoms with van der Waals surface area (Å²) in [5.41, 5.74) is 0.649. The second kappa shape index (κ2) is 7.22. The van der Waals surface area contributed by atoms with Crippen molar-refractivity contribution >= 4 is 18.2 Å². The summed E-state index contributed by atoms with van der Waals surface area (Å²) in [4.78, 5) is 27.3. The van der Waals surface area contributed by atoms with Crippen molar-refractivity contribution in [3.05, 3.63) is 35.9 Å². The number of likely N-dealkylation sites (tertiary alicyclic amines) is 1. The van der Waals surface area contributed by atoms with E-state index in [-0.39, 0.29) is 24.0 Å². The molecule has 2 amide bonds. The van der Waals surface area contributed by atoms with Gasteiger partial charge in [-0.15, -0.1) is 0 Å². The number of hydrazone groups is 1. The molecule has 1 aromatic rings. The van der Waals surface area contributed by atoms with Gasteiger partial charge in [0.15, 0.2) is 0 Å². The second-order valence-corrected chi connectivity index (χ2v) is 9.22. The van der Waals surface area contributed by atoms with E-state index >= 15 is 0 Å². The molecule has 1 saturated carbocycles. The van der Waals surface area contributed by atoms with Crippen LogP contribution in [0.15, 0.2) is 35.4 Å². The first-order valence-corrected chi connectivity index (χ1v) is 10.2. The number of amides is 2. The highest BCUT2D eigenvalue weighted by atomic mass is 16.6. The van der Waals surface area contributed by atoms with Crippen molar-refractivity contribution in [2.24, 2.45) is 22.9 Å². The number of nitrogens with zero attached hydrogens (tertiary/aromatic N) is 3. The van der Waals surface area contributed by atoms with Gasteiger partial charge in [0, 0.05) is 31.6 Å². The zero-order valence-corrected chi connectivity index (χ0v) is 16.9. The fourth-order valence-corrected chi connectivity index (χ4v) is 4.74. The number of carbonyl (C=O) groups is 2. The van der Waals surface area contributed by atoms with Gasteiger partial charge in [-0.05, 0) is 51.0 Å². The van der Waals surface area contributed by atoms with Crippen LogP contribution in [0.2, 0.25) is 0 Å². The lowest BCUT2D eigenvalue weighted by atomic mass is 10.0. The Hall–Kier alpha value is -2.37. The fraction of sp³-hybridized carbons (Fsp3) is 0.591. The van der Waals surface area contributed by atoms with Crippen molar-refractivity contribution < 1.29 is 14.3 Å². The molecule has 6 nitrogen and oxygen atoms in total. The molecule has 3 atom stereocenters. The molecule has 4 rings (SSSR count). The lowest BCUT2D eigenvalue weighted by molar-refractivity contribution is -0.137. The normalized spacial score (nSPS) is 29.2. The molecular weight excluding hydrogens is 354 g/mol. The number of benzene rings is 1. The van der Waals surface area contributed by atoms with Crippen LogP contribution in [0.5, 0.6) is 0 Å². The van der Waals surface area contributed by atoms with Crippen LogP contribution in [0.25, 0.3) is 0 Å². The third-order valence-electron chi connectivity index (χ3n) is 5.99. The maximum absolute atomic E-state index is 13.2. The van der Waals surface area contributed by atoms with Gasteiger partial charge in [0.2, 0.25) is 5.91 Å². The topological polar surface area (TPSA) is 62.2 Å². The Morgan fingerprint density at radius 2 is 1.71 bits per heavy atom. The van der Waals surface area contributed by atoms with Gasteiger partial charge in [-0.25, -0.2) is 9.80 Å². The lowest BCUT2D eigenvalue weighted by Crippen LogP contribution is -2.37. The molecular formula is C22H29N3O3. The molecule has 0 aromatic heterocycles. The zero-order valence-electron chi connectivity index (χ0n) is 16.9. The van der Waals surface area contributed by atoms with Gasteiger partial charge in [-0.1, -0.05) is 30.3 Å². The number of fused-ring (bicyclic) bond motifs is 1. The summed E-state index contributed by atoms with van der Waals surface area (Å²) >= 11 is 0. The molecule has 2 aliphatic heterocycles. The van der Waals surface area contributed by atoms with Gasteiger partial charge < -0.3 is 9.64 Å². The van der Waals surface area contributed by atoms with Crippen LogP contribution in [0.3, 0.4) is 0 Å². The summed E-state index contributed by atoms with van der Waals surface area (Å²) in [6.07, 6.45) is 4.03. The summed E-state index contributed by atoms with van der Waals surface area (Å²) in [6, 6.07) is 10.1. The molecule has 28 heavy (non-hydrogen) atoms. The van der Waals surface area contributed by atoms with Crippen LogP contribution >= 0.6 is 0 Å². The fourth-order valence-electron chi connectivity index (χ4n) is 4.74. The van der Waals surface area contributed by atoms with Crippen molar-refractivity contribution in [2.45, 2.75) is 51.7 Å². The first-order valence-electron chi connectivity index (χ1n) is 10.2. The summed E-state index contributed by atoms with van der Waals surface area (Å²) in [7, 11) is 0. The predicted molar refractivity (Wildman–Crippen MR) is 107 cm³/mol. The molecule has 6 heteroatoms. The molecule has 1 saturated heterocycles. The smallest absolute Gasteiger partial charge is 0.410 e. The van der Waals surface area contributed by atoms with Gasteiger partial charge in [-0.3, -0.25) is 4.79 Å². The van der Waals surface area contributed by atoms with Crippen molar-refractivity contribution in [1.29, 1.82) is 0 Å². The Morgan fingerprint density at radius 1 is 1.07 bits per heavy atom. The molecule has 3 aliphatic rings. The van der Waals surface area contributed by atoms with E-state index in [2.05, 4.69) is 17.2 Å². The minimum absolute atomic E-state index is 0.00255. The molecule has 0 radical (unpaired) electrons. The summed E-state index contributed by atoms with van der Waals surface area (Å²) in [5, 5.41) is 6.08. The first-order chi connectivity index (χ1) is 13.3. The average Bonchev–Trinajstić information content (AvgIpc) is 3.34. The Bertz CT molecular complexity index is 757. The van der Waals surface area contributed by atoms with E-state index in [1.165, 1.54) is 0 Å². The number of ether oxygens (including phenoxy) is 1. The van der Waals surface area contributed by atoms with Crippen LogP contribution in [-0.2, 0) is 9.53 Å². The van der Waals surface area contributed by atoms with E-state index in [0.29, 0.717) is 24.9 Å². The van der Waals surface area contributed by atoms with E-state index in [9.17, 15) is 9.59 Å². The molecule has 150 valence electrons. The van der Waals surface area contributed by atoms with Gasteiger partial charge >= 0.3 is 6.09 Å². The van der Waals surface area contributed by atoms with E-state index in [0.717, 1.165) is 24.8 Å². The Kier molecular flexibility index (Phi) is 4.89. The average molecular weight is 383 g/mol. The molecule has 1 aromatic carbocycles. The maximum Gasteiger partial charge on any atom is 0.410 e. The molecule has 2 heterocycles. The SMILES string of the molecule is CC(C)(C)OC(=O)N1CC2CC(C(=O)N3N=CCC3c3ccccc3)CC2C1. The minimum Gasteiger partial charge on any atom is -0.444 e. The highest BCUT2D eigenvalue weighted by Gasteiger charge is 2.47. The predicted octanol–water partition coefficient (Wildman–Crippen LogP) is 3.84. The highest BCUT2D eigenvalue weighted by molar-refractivity contribution is 5.82. The van der Waals surface area contributed by atoms with Gasteiger partial charge in [-0.2, -0.15) is 5.10 Å². The standard InChI is InChI=1S/C22H29N3O3/c1-22(2,3)28-21(27)24-13-17-11-16(12-18(17)14-24)20(26)25-19(9-10-23-25)15-7-5-4-6-8-15/h4-8,10,16-19H,9,11-14H2,1-3H3. The van der Waals surface area contributed by atoms with E-state index in [4.69, 9.17) is 4.74 Å². The van der Waals surface area contributed by atoms with Crippen molar-refractivity contribution in [3.8, 4) is 0 Å². The van der Waals surface area contributed by atoms with E-state index < -0.39 is 5.60 Å². The summed E-state index contributed by atoms with van der Waals surface area (Å²) < 4.78 is 5.50. The van der Waals surface area contributed by atoms with Crippen LogP contribution in [0.1, 0.15) is 51.6 Å². The molecule has 3 unspecified atom stereocenters. The lowest BCUT2D eigenvalue weighted by Gasteiger charge is -2.27. The Labute approximate surface area is 166 Å². The number of hydrogen-bond donors (Lipinski definition) is 0. The van der Waals surface area contributed by atoms with Gasteiger partial charge in [0.1, 0.15) is 5.60 Å². The number of rotatable bonds is 2. The highest BCUT2D eigenvalue weighted by Crippen LogP contribution is 2.44. The molecule has 0 N–H and O–H groups in total. The molecule has 0 spiro atoms. The van der Waals surface area contributed by atoms with E-state index in [1.54, 1.807) is 5.01 Å². The van der Waals surface area contributed by atoms with Crippen LogP contribution in [-0.4, -0.2) is 46.8 Å². The zero-order chi connectivity index (χ0) is 19.9. The van der Waals surface area contributed by atoms with Crippen molar-refractivity contribution in [3.63, 3.8) is 0 Å². The van der Waals surface area contributed by atoms with Crippen LogP contribution in [0.4, 0.5) is 4.79 Å². The summed E-state index contributed by atoms with van der Waals surface area (Å²) in [6.45, 7) is 7.03. The Morgan fingerprint density at radius 3 is 2.32 bits per heavy atom. The number of carbonyl (C=O) groups excluding carboxylic acids is 2. The maximum atomic E-state index is 13.2. The molecule has 2 fully saturated rings.